The topological polar surface area (TPSA) is 105 Å². The number of anilines is 2. The van der Waals surface area contributed by atoms with Crippen molar-refractivity contribution in [2.24, 2.45) is 10.9 Å². The van der Waals surface area contributed by atoms with Crippen molar-refractivity contribution in [2.75, 3.05) is 23.7 Å². The van der Waals surface area contributed by atoms with Gasteiger partial charge in [-0.15, -0.1) is 0 Å². The van der Waals surface area contributed by atoms with Gasteiger partial charge in [0, 0.05) is 17.9 Å². The number of unbranched alkanes of at least 4 members (excludes halogenated alkanes) is 1. The number of carboxylic acid groups (broad SMARTS) is 1. The van der Waals surface area contributed by atoms with Gasteiger partial charge in [0.2, 0.25) is 0 Å². The van der Waals surface area contributed by atoms with E-state index in [1.54, 1.807) is 6.21 Å². The minimum Gasteiger partial charge on any atom is -0.480 e. The normalized spacial score (nSPS) is 10.9. The molecule has 25 heavy (non-hydrogen) atoms. The van der Waals surface area contributed by atoms with Crippen molar-refractivity contribution < 1.29 is 9.90 Å². The summed E-state index contributed by atoms with van der Waals surface area (Å²) in [6.45, 7) is 0.635. The van der Waals surface area contributed by atoms with Crippen LogP contribution < -0.4 is 16.5 Å². The van der Waals surface area contributed by atoms with Gasteiger partial charge in [0.1, 0.15) is 6.54 Å². The van der Waals surface area contributed by atoms with Crippen LogP contribution in [0.25, 0.3) is 0 Å². The number of rotatable bonds is 9. The van der Waals surface area contributed by atoms with Crippen LogP contribution in [0.4, 0.5) is 11.4 Å². The van der Waals surface area contributed by atoms with Gasteiger partial charge in [-0.1, -0.05) is 24.3 Å². The summed E-state index contributed by atoms with van der Waals surface area (Å²) in [7, 11) is 0. The van der Waals surface area contributed by atoms with Crippen LogP contribution in [0.3, 0.4) is 0 Å². The van der Waals surface area contributed by atoms with Gasteiger partial charge in [-0.05, 0) is 54.7 Å². The van der Waals surface area contributed by atoms with E-state index in [0.29, 0.717) is 6.54 Å². The molecule has 0 atom stereocenters. The second-order valence-electron chi connectivity index (χ2n) is 5.89. The molecule has 0 unspecified atom stereocenters. The van der Waals surface area contributed by atoms with Crippen LogP contribution in [0.15, 0.2) is 53.6 Å². The SMILES string of the molecule is NN=Cc1cccc(N(CCCCc2ccc(N)cc2)CC(=O)O)c1. The summed E-state index contributed by atoms with van der Waals surface area (Å²) < 4.78 is 0. The molecule has 0 amide bonds. The number of aliphatic carboxylic acids is 1. The number of hydrogen-bond donors (Lipinski definition) is 3. The fourth-order valence-electron chi connectivity index (χ4n) is 2.67. The molecule has 0 aliphatic heterocycles. The quantitative estimate of drug-likeness (QED) is 0.214. The third-order valence-electron chi connectivity index (χ3n) is 3.91. The summed E-state index contributed by atoms with van der Waals surface area (Å²) in [6.07, 6.45) is 4.36. The molecule has 6 heteroatoms. The lowest BCUT2D eigenvalue weighted by Crippen LogP contribution is -2.30. The van der Waals surface area contributed by atoms with Gasteiger partial charge in [0.05, 0.1) is 6.21 Å². The Balaban J connectivity index is 1.94. The summed E-state index contributed by atoms with van der Waals surface area (Å²) >= 11 is 0. The van der Waals surface area contributed by atoms with E-state index in [2.05, 4.69) is 5.10 Å². The van der Waals surface area contributed by atoms with E-state index in [9.17, 15) is 9.90 Å². The molecule has 132 valence electrons. The van der Waals surface area contributed by atoms with E-state index in [-0.39, 0.29) is 6.54 Å². The average Bonchev–Trinajstić information content (AvgIpc) is 2.59. The third kappa shape index (κ3) is 6.18. The number of nitrogens with two attached hydrogens (primary N) is 2. The van der Waals surface area contributed by atoms with Gasteiger partial charge in [-0.3, -0.25) is 4.79 Å². The second-order valence-corrected chi connectivity index (χ2v) is 5.89. The van der Waals surface area contributed by atoms with Crippen molar-refractivity contribution >= 4 is 23.6 Å². The van der Waals surface area contributed by atoms with Gasteiger partial charge < -0.3 is 21.6 Å². The minimum atomic E-state index is -0.851. The third-order valence-corrected chi connectivity index (χ3v) is 3.91. The van der Waals surface area contributed by atoms with E-state index in [1.807, 2.05) is 53.4 Å². The number of carboxylic acids is 1. The highest BCUT2D eigenvalue weighted by Gasteiger charge is 2.11. The monoisotopic (exact) mass is 340 g/mol. The Labute approximate surface area is 147 Å². The molecule has 2 aromatic carbocycles. The summed E-state index contributed by atoms with van der Waals surface area (Å²) in [6, 6.07) is 15.4. The number of benzene rings is 2. The second kappa shape index (κ2) is 9.32. The molecule has 0 saturated heterocycles. The van der Waals surface area contributed by atoms with Crippen LogP contribution in [0.5, 0.6) is 0 Å². The fraction of sp³-hybridized carbons (Fsp3) is 0.263. The average molecular weight is 340 g/mol. The summed E-state index contributed by atoms with van der Waals surface area (Å²) in [5.74, 6) is 4.33. The van der Waals surface area contributed by atoms with Gasteiger partial charge in [-0.25, -0.2) is 0 Å². The van der Waals surface area contributed by atoms with E-state index < -0.39 is 5.97 Å². The number of hydrazone groups is 1. The first-order chi connectivity index (χ1) is 12.1. The fourth-order valence-corrected chi connectivity index (χ4v) is 2.67. The van der Waals surface area contributed by atoms with E-state index >= 15 is 0 Å². The number of nitrogen functional groups attached to an aromatic ring is 1. The van der Waals surface area contributed by atoms with Crippen LogP contribution in [0.1, 0.15) is 24.0 Å². The van der Waals surface area contributed by atoms with E-state index in [1.165, 1.54) is 5.56 Å². The van der Waals surface area contributed by atoms with Crippen molar-refractivity contribution in [3.05, 3.63) is 59.7 Å². The van der Waals surface area contributed by atoms with Crippen LogP contribution in [-0.4, -0.2) is 30.4 Å². The van der Waals surface area contributed by atoms with Gasteiger partial charge >= 0.3 is 5.97 Å². The van der Waals surface area contributed by atoms with Crippen molar-refractivity contribution in [3.8, 4) is 0 Å². The number of carbonyl (C=O) groups is 1. The highest BCUT2D eigenvalue weighted by molar-refractivity contribution is 5.82. The first kappa shape index (κ1) is 18.3. The smallest absolute Gasteiger partial charge is 0.323 e. The lowest BCUT2D eigenvalue weighted by Gasteiger charge is -2.23. The summed E-state index contributed by atoms with van der Waals surface area (Å²) in [4.78, 5) is 13.0. The molecule has 0 spiro atoms. The molecule has 0 aliphatic rings. The molecule has 0 heterocycles. The summed E-state index contributed by atoms with van der Waals surface area (Å²) in [5.41, 5.74) is 9.38. The summed E-state index contributed by atoms with van der Waals surface area (Å²) in [5, 5.41) is 12.7. The van der Waals surface area contributed by atoms with Crippen molar-refractivity contribution in [2.45, 2.75) is 19.3 Å². The predicted octanol–water partition coefficient (Wildman–Crippen LogP) is 2.48. The molecule has 0 bridgehead atoms. The molecule has 0 fully saturated rings. The highest BCUT2D eigenvalue weighted by atomic mass is 16.4. The Kier molecular flexibility index (Phi) is 6.83. The molecule has 2 aromatic rings. The van der Waals surface area contributed by atoms with Gasteiger partial charge in [-0.2, -0.15) is 5.10 Å². The lowest BCUT2D eigenvalue weighted by atomic mass is 10.1. The van der Waals surface area contributed by atoms with Crippen molar-refractivity contribution in [3.63, 3.8) is 0 Å². The maximum absolute atomic E-state index is 11.2. The number of hydrogen-bond acceptors (Lipinski definition) is 5. The van der Waals surface area contributed by atoms with Crippen LogP contribution in [0.2, 0.25) is 0 Å². The molecule has 2 rings (SSSR count). The van der Waals surface area contributed by atoms with Crippen molar-refractivity contribution in [1.29, 1.82) is 0 Å². The molecular formula is C19H24N4O2. The molecule has 0 aliphatic carbocycles. The Hall–Kier alpha value is -3.02. The first-order valence-corrected chi connectivity index (χ1v) is 8.23. The zero-order valence-electron chi connectivity index (χ0n) is 14.1. The van der Waals surface area contributed by atoms with Crippen LogP contribution >= 0.6 is 0 Å². The minimum absolute atomic E-state index is 0.0366. The Bertz CT molecular complexity index is 714. The molecule has 0 radical (unpaired) electrons. The molecule has 6 nitrogen and oxygen atoms in total. The van der Waals surface area contributed by atoms with Crippen LogP contribution in [-0.2, 0) is 11.2 Å². The lowest BCUT2D eigenvalue weighted by molar-refractivity contribution is -0.135. The Morgan fingerprint density at radius 3 is 2.60 bits per heavy atom. The van der Waals surface area contributed by atoms with Crippen LogP contribution in [0, 0.1) is 0 Å². The van der Waals surface area contributed by atoms with E-state index in [4.69, 9.17) is 11.6 Å². The Morgan fingerprint density at radius 2 is 1.92 bits per heavy atom. The van der Waals surface area contributed by atoms with E-state index in [0.717, 1.165) is 36.2 Å². The Morgan fingerprint density at radius 1 is 1.16 bits per heavy atom. The standard InChI is InChI=1S/C19H24N4O2/c20-17-9-7-15(8-10-17)4-1-2-11-23(14-19(24)25)18-6-3-5-16(12-18)13-22-21/h3,5-10,12-13H,1-2,4,11,14,20-21H2,(H,24,25). The number of aryl methyl sites for hydroxylation is 1. The van der Waals surface area contributed by atoms with Gasteiger partial charge in [0.15, 0.2) is 0 Å². The maximum Gasteiger partial charge on any atom is 0.323 e. The first-order valence-electron chi connectivity index (χ1n) is 8.23. The molecule has 5 N–H and O–H groups in total. The molecular weight excluding hydrogens is 316 g/mol. The van der Waals surface area contributed by atoms with Gasteiger partial charge in [0.25, 0.3) is 0 Å². The zero-order chi connectivity index (χ0) is 18.1. The zero-order valence-corrected chi connectivity index (χ0v) is 14.1. The maximum atomic E-state index is 11.2. The largest absolute Gasteiger partial charge is 0.480 e. The predicted molar refractivity (Wildman–Crippen MR) is 102 cm³/mol. The molecule has 0 aromatic heterocycles. The van der Waals surface area contributed by atoms with Crippen molar-refractivity contribution in [1.82, 2.24) is 0 Å². The molecule has 0 saturated carbocycles. The number of nitrogens with zero attached hydrogens (tertiary/aromatic N) is 2. The highest BCUT2D eigenvalue weighted by Crippen LogP contribution is 2.17.